The fourth-order valence-electron chi connectivity index (χ4n) is 2.91. The van der Waals surface area contributed by atoms with Crippen LogP contribution in [0.2, 0.25) is 0 Å². The molecule has 3 rings (SSSR count). The van der Waals surface area contributed by atoms with Crippen molar-refractivity contribution in [3.63, 3.8) is 0 Å². The number of ether oxygens (including phenoxy) is 2. The Hall–Kier alpha value is -3.02. The van der Waals surface area contributed by atoms with Crippen LogP contribution in [0.1, 0.15) is 26.3 Å². The molecule has 0 aromatic heterocycles. The Morgan fingerprint density at radius 3 is 2.67 bits per heavy atom. The molecule has 1 heterocycles. The van der Waals surface area contributed by atoms with Crippen molar-refractivity contribution in [3.05, 3.63) is 54.1 Å². The summed E-state index contributed by atoms with van der Waals surface area (Å²) in [4.78, 5) is 26.6. The first-order chi connectivity index (χ1) is 12.9. The molecule has 142 valence electrons. The third kappa shape index (κ3) is 4.22. The lowest BCUT2D eigenvalue weighted by Gasteiger charge is -2.27. The third-order valence-corrected chi connectivity index (χ3v) is 4.44. The molecule has 27 heavy (non-hydrogen) atoms. The highest BCUT2D eigenvalue weighted by Crippen LogP contribution is 2.38. The van der Waals surface area contributed by atoms with Gasteiger partial charge in [0.1, 0.15) is 19.0 Å². The Balaban J connectivity index is 1.73. The molecule has 2 amide bonds. The van der Waals surface area contributed by atoms with Crippen molar-refractivity contribution < 1.29 is 19.1 Å². The van der Waals surface area contributed by atoms with E-state index in [-0.39, 0.29) is 12.5 Å². The number of benzene rings is 2. The zero-order chi connectivity index (χ0) is 19.4. The van der Waals surface area contributed by atoms with Gasteiger partial charge in [-0.1, -0.05) is 30.3 Å². The van der Waals surface area contributed by atoms with Crippen LogP contribution in [0.4, 0.5) is 16.2 Å². The molecule has 0 atom stereocenters. The van der Waals surface area contributed by atoms with E-state index in [1.54, 1.807) is 23.1 Å². The number of amides is 2. The van der Waals surface area contributed by atoms with E-state index in [4.69, 9.17) is 9.47 Å². The number of hydrogen-bond donors (Lipinski definition) is 1. The standard InChI is InChI=1S/C21H24N2O4/c1-4-23-17-12-16(10-11-18(17)27-14-21(2,3)19(23)24)22-20(25)26-13-15-8-6-5-7-9-15/h5-12H,4,13-14H2,1-3H3,(H,22,25). The number of nitrogens with one attached hydrogen (secondary N) is 1. The fraction of sp³-hybridized carbons (Fsp3) is 0.333. The third-order valence-electron chi connectivity index (χ3n) is 4.44. The molecule has 6 nitrogen and oxygen atoms in total. The molecule has 0 fully saturated rings. The molecular weight excluding hydrogens is 344 g/mol. The summed E-state index contributed by atoms with van der Waals surface area (Å²) in [6.07, 6.45) is -0.553. The number of fused-ring (bicyclic) bond motifs is 1. The van der Waals surface area contributed by atoms with Crippen molar-refractivity contribution in [3.8, 4) is 5.75 Å². The van der Waals surface area contributed by atoms with E-state index in [1.165, 1.54) is 0 Å². The second-order valence-electron chi connectivity index (χ2n) is 7.09. The van der Waals surface area contributed by atoms with E-state index in [2.05, 4.69) is 5.32 Å². The molecule has 1 aliphatic rings. The number of nitrogens with zero attached hydrogens (tertiary/aromatic N) is 1. The molecule has 0 saturated carbocycles. The number of carbonyl (C=O) groups is 2. The van der Waals surface area contributed by atoms with Gasteiger partial charge in [-0.2, -0.15) is 0 Å². The summed E-state index contributed by atoms with van der Waals surface area (Å²) in [6, 6.07) is 14.7. The van der Waals surface area contributed by atoms with E-state index in [0.717, 1.165) is 5.56 Å². The van der Waals surface area contributed by atoms with Gasteiger partial charge < -0.3 is 14.4 Å². The maximum Gasteiger partial charge on any atom is 0.411 e. The van der Waals surface area contributed by atoms with Crippen LogP contribution in [-0.2, 0) is 16.1 Å². The quantitative estimate of drug-likeness (QED) is 0.878. The zero-order valence-electron chi connectivity index (χ0n) is 15.8. The minimum Gasteiger partial charge on any atom is -0.490 e. The molecule has 2 aromatic rings. The van der Waals surface area contributed by atoms with Crippen molar-refractivity contribution in [2.75, 3.05) is 23.4 Å². The maximum absolute atomic E-state index is 12.8. The molecule has 0 saturated heterocycles. The summed E-state index contributed by atoms with van der Waals surface area (Å²) in [7, 11) is 0. The summed E-state index contributed by atoms with van der Waals surface area (Å²) >= 11 is 0. The lowest BCUT2D eigenvalue weighted by molar-refractivity contribution is -0.127. The van der Waals surface area contributed by atoms with Crippen LogP contribution in [0.25, 0.3) is 0 Å². The van der Waals surface area contributed by atoms with Crippen LogP contribution in [0.3, 0.4) is 0 Å². The molecule has 0 radical (unpaired) electrons. The van der Waals surface area contributed by atoms with Gasteiger partial charge in [0.05, 0.1) is 11.1 Å². The summed E-state index contributed by atoms with van der Waals surface area (Å²) in [5.74, 6) is 0.617. The normalized spacial score (nSPS) is 15.4. The van der Waals surface area contributed by atoms with Crippen molar-refractivity contribution in [1.29, 1.82) is 0 Å². The van der Waals surface area contributed by atoms with Gasteiger partial charge >= 0.3 is 6.09 Å². The number of carbonyl (C=O) groups excluding carboxylic acids is 2. The summed E-state index contributed by atoms with van der Waals surface area (Å²) in [5.41, 5.74) is 1.49. The van der Waals surface area contributed by atoms with Crippen LogP contribution < -0.4 is 15.0 Å². The highest BCUT2D eigenvalue weighted by molar-refractivity contribution is 6.00. The molecule has 6 heteroatoms. The highest BCUT2D eigenvalue weighted by Gasteiger charge is 2.37. The Morgan fingerprint density at radius 1 is 1.22 bits per heavy atom. The number of hydrogen-bond acceptors (Lipinski definition) is 4. The molecule has 0 aliphatic carbocycles. The molecular formula is C21H24N2O4. The Bertz CT molecular complexity index is 833. The largest absolute Gasteiger partial charge is 0.490 e. The first-order valence-electron chi connectivity index (χ1n) is 8.97. The van der Waals surface area contributed by atoms with E-state index in [0.29, 0.717) is 30.3 Å². The lowest BCUT2D eigenvalue weighted by atomic mass is 9.93. The molecule has 2 aromatic carbocycles. The topological polar surface area (TPSA) is 67.9 Å². The number of rotatable bonds is 4. The highest BCUT2D eigenvalue weighted by atomic mass is 16.5. The average molecular weight is 368 g/mol. The van der Waals surface area contributed by atoms with Crippen molar-refractivity contribution in [2.45, 2.75) is 27.4 Å². The minimum absolute atomic E-state index is 0.00689. The van der Waals surface area contributed by atoms with E-state index < -0.39 is 11.5 Å². The van der Waals surface area contributed by atoms with Crippen LogP contribution >= 0.6 is 0 Å². The SMILES string of the molecule is CCN1C(=O)C(C)(C)COc2ccc(NC(=O)OCc3ccccc3)cc21. The smallest absolute Gasteiger partial charge is 0.411 e. The molecule has 0 bridgehead atoms. The van der Waals surface area contributed by atoms with Crippen LogP contribution in [0.5, 0.6) is 5.75 Å². The summed E-state index contributed by atoms with van der Waals surface area (Å²) < 4.78 is 11.1. The maximum atomic E-state index is 12.8. The predicted octanol–water partition coefficient (Wildman–Crippen LogP) is 4.21. The predicted molar refractivity (Wildman–Crippen MR) is 104 cm³/mol. The first-order valence-corrected chi connectivity index (χ1v) is 8.97. The van der Waals surface area contributed by atoms with Gasteiger partial charge in [-0.3, -0.25) is 10.1 Å². The van der Waals surface area contributed by atoms with Gasteiger partial charge in [-0.25, -0.2) is 4.79 Å². The van der Waals surface area contributed by atoms with Crippen LogP contribution in [-0.4, -0.2) is 25.2 Å². The first kappa shape index (κ1) is 18.8. The van der Waals surface area contributed by atoms with E-state index in [1.807, 2.05) is 51.1 Å². The Labute approximate surface area is 159 Å². The molecule has 0 spiro atoms. The van der Waals surface area contributed by atoms with Crippen LogP contribution in [0.15, 0.2) is 48.5 Å². The van der Waals surface area contributed by atoms with Crippen LogP contribution in [0, 0.1) is 5.41 Å². The zero-order valence-corrected chi connectivity index (χ0v) is 15.8. The second kappa shape index (κ2) is 7.70. The molecule has 1 N–H and O–H groups in total. The summed E-state index contributed by atoms with van der Waals surface area (Å²) in [5, 5.41) is 2.71. The number of anilines is 2. The second-order valence-corrected chi connectivity index (χ2v) is 7.09. The van der Waals surface area contributed by atoms with Gasteiger partial charge in [-0.05, 0) is 44.5 Å². The Kier molecular flexibility index (Phi) is 5.35. The Morgan fingerprint density at radius 2 is 1.96 bits per heavy atom. The fourth-order valence-corrected chi connectivity index (χ4v) is 2.91. The van der Waals surface area contributed by atoms with Gasteiger partial charge in [-0.15, -0.1) is 0 Å². The van der Waals surface area contributed by atoms with Crippen molar-refractivity contribution in [2.24, 2.45) is 5.41 Å². The lowest BCUT2D eigenvalue weighted by Crippen LogP contribution is -2.42. The van der Waals surface area contributed by atoms with Crippen molar-refractivity contribution >= 4 is 23.4 Å². The van der Waals surface area contributed by atoms with Gasteiger partial charge in [0.25, 0.3) is 0 Å². The minimum atomic E-state index is -0.614. The molecule has 1 aliphatic heterocycles. The molecule has 0 unspecified atom stereocenters. The monoisotopic (exact) mass is 368 g/mol. The average Bonchev–Trinajstić information content (AvgIpc) is 2.75. The van der Waals surface area contributed by atoms with Gasteiger partial charge in [0, 0.05) is 12.2 Å². The van der Waals surface area contributed by atoms with Gasteiger partial charge in [0.2, 0.25) is 5.91 Å². The van der Waals surface area contributed by atoms with E-state index >= 15 is 0 Å². The van der Waals surface area contributed by atoms with Crippen molar-refractivity contribution in [1.82, 2.24) is 0 Å². The van der Waals surface area contributed by atoms with Gasteiger partial charge in [0.15, 0.2) is 0 Å². The van der Waals surface area contributed by atoms with E-state index in [9.17, 15) is 9.59 Å². The summed E-state index contributed by atoms with van der Waals surface area (Å²) in [6.45, 7) is 6.65.